The van der Waals surface area contributed by atoms with Crippen molar-refractivity contribution in [1.82, 2.24) is 14.7 Å². The zero-order chi connectivity index (χ0) is 22.1. The molecule has 0 aliphatic carbocycles. The van der Waals surface area contributed by atoms with Crippen LogP contribution in [-0.2, 0) is 4.74 Å². The molecule has 0 N–H and O–H groups in total. The number of halogens is 2. The van der Waals surface area contributed by atoms with Gasteiger partial charge in [0.05, 0.1) is 40.7 Å². The summed E-state index contributed by atoms with van der Waals surface area (Å²) in [6, 6.07) is 14.5. The molecule has 1 aliphatic rings. The summed E-state index contributed by atoms with van der Waals surface area (Å²) < 4.78 is 12.7. The van der Waals surface area contributed by atoms with Gasteiger partial charge in [0.15, 0.2) is 0 Å². The molecule has 0 bridgehead atoms. The smallest absolute Gasteiger partial charge is 0.272 e. The van der Waals surface area contributed by atoms with Crippen molar-refractivity contribution < 1.29 is 14.3 Å². The molecule has 8 heteroatoms. The van der Waals surface area contributed by atoms with Crippen LogP contribution in [-0.4, -0.2) is 53.0 Å². The van der Waals surface area contributed by atoms with E-state index in [9.17, 15) is 4.79 Å². The summed E-state index contributed by atoms with van der Waals surface area (Å²) in [5.41, 5.74) is 2.59. The molecule has 162 valence electrons. The fourth-order valence-corrected chi connectivity index (χ4v) is 4.07. The predicted octanol–water partition coefficient (Wildman–Crippen LogP) is 5.10. The number of rotatable bonds is 4. The maximum atomic E-state index is 13.5. The van der Waals surface area contributed by atoms with Crippen LogP contribution in [0.2, 0.25) is 10.0 Å². The number of amides is 1. The first kappa shape index (κ1) is 21.7. The normalized spacial score (nSPS) is 18.8. The summed E-state index contributed by atoms with van der Waals surface area (Å²) >= 11 is 12.3. The maximum absolute atomic E-state index is 13.5. The number of benzene rings is 2. The Hall–Kier alpha value is -2.54. The van der Waals surface area contributed by atoms with Gasteiger partial charge in [-0.25, -0.2) is 4.68 Å². The summed E-state index contributed by atoms with van der Waals surface area (Å²) in [7, 11) is 1.61. The van der Waals surface area contributed by atoms with E-state index in [1.54, 1.807) is 41.0 Å². The van der Waals surface area contributed by atoms with Crippen LogP contribution in [0, 0.1) is 0 Å². The summed E-state index contributed by atoms with van der Waals surface area (Å²) in [5, 5.41) is 5.56. The lowest BCUT2D eigenvalue weighted by atomic mass is 10.1. The van der Waals surface area contributed by atoms with Crippen molar-refractivity contribution in [1.29, 1.82) is 0 Å². The van der Waals surface area contributed by atoms with Gasteiger partial charge in [0, 0.05) is 18.7 Å². The highest BCUT2D eigenvalue weighted by Gasteiger charge is 2.29. The zero-order valence-corrected chi connectivity index (χ0v) is 19.0. The molecule has 3 aromatic rings. The van der Waals surface area contributed by atoms with Crippen molar-refractivity contribution in [2.45, 2.75) is 26.1 Å². The minimum Gasteiger partial charge on any atom is -0.497 e. The van der Waals surface area contributed by atoms with Crippen LogP contribution >= 0.6 is 23.2 Å². The van der Waals surface area contributed by atoms with E-state index >= 15 is 0 Å². The van der Waals surface area contributed by atoms with E-state index in [4.69, 9.17) is 37.8 Å². The first-order valence-electron chi connectivity index (χ1n) is 10.0. The van der Waals surface area contributed by atoms with Crippen molar-refractivity contribution in [3.63, 3.8) is 0 Å². The van der Waals surface area contributed by atoms with Crippen LogP contribution in [0.25, 0.3) is 16.9 Å². The molecule has 31 heavy (non-hydrogen) atoms. The number of hydrogen-bond acceptors (Lipinski definition) is 4. The fourth-order valence-electron chi connectivity index (χ4n) is 3.78. The first-order valence-corrected chi connectivity index (χ1v) is 10.8. The summed E-state index contributed by atoms with van der Waals surface area (Å²) in [6.07, 6.45) is -0.0706. The van der Waals surface area contributed by atoms with Crippen molar-refractivity contribution in [2.75, 3.05) is 20.2 Å². The Morgan fingerprint density at radius 2 is 1.81 bits per heavy atom. The molecule has 0 radical (unpaired) electrons. The predicted molar refractivity (Wildman–Crippen MR) is 121 cm³/mol. The molecule has 2 unspecified atom stereocenters. The van der Waals surface area contributed by atoms with Gasteiger partial charge in [-0.1, -0.05) is 35.3 Å². The van der Waals surface area contributed by atoms with E-state index in [0.29, 0.717) is 46.0 Å². The molecule has 1 aliphatic heterocycles. The fraction of sp³-hybridized carbons (Fsp3) is 0.304. The third-order valence-corrected chi connectivity index (χ3v) is 5.89. The number of nitrogens with zero attached hydrogens (tertiary/aromatic N) is 3. The molecular formula is C23H23Cl2N3O3. The molecule has 2 aromatic carbocycles. The third-order valence-electron chi connectivity index (χ3n) is 5.15. The van der Waals surface area contributed by atoms with Gasteiger partial charge in [-0.05, 0) is 50.2 Å². The van der Waals surface area contributed by atoms with E-state index in [1.807, 2.05) is 38.1 Å². The number of hydrogen-bond donors (Lipinski definition) is 0. The lowest BCUT2D eigenvalue weighted by Crippen LogP contribution is -2.48. The summed E-state index contributed by atoms with van der Waals surface area (Å²) in [4.78, 5) is 15.3. The first-order chi connectivity index (χ1) is 14.9. The quantitative estimate of drug-likeness (QED) is 0.544. The van der Waals surface area contributed by atoms with Crippen molar-refractivity contribution in [3.05, 3.63) is 64.3 Å². The monoisotopic (exact) mass is 459 g/mol. The second kappa shape index (κ2) is 8.91. The highest BCUT2D eigenvalue weighted by molar-refractivity contribution is 6.42. The number of methoxy groups -OCH3 is 1. The molecule has 1 saturated heterocycles. The average Bonchev–Trinajstić information content (AvgIpc) is 3.20. The number of carbonyl (C=O) groups excluding carboxylic acids is 1. The van der Waals surface area contributed by atoms with Crippen LogP contribution in [0.5, 0.6) is 5.75 Å². The van der Waals surface area contributed by atoms with Crippen LogP contribution < -0.4 is 4.74 Å². The molecule has 4 rings (SSSR count). The van der Waals surface area contributed by atoms with E-state index in [-0.39, 0.29) is 18.1 Å². The van der Waals surface area contributed by atoms with Gasteiger partial charge in [-0.15, -0.1) is 0 Å². The Kier molecular flexibility index (Phi) is 6.23. The largest absolute Gasteiger partial charge is 0.497 e. The van der Waals surface area contributed by atoms with Gasteiger partial charge in [0.2, 0.25) is 0 Å². The Labute approximate surface area is 191 Å². The lowest BCUT2D eigenvalue weighted by Gasteiger charge is -2.35. The van der Waals surface area contributed by atoms with Crippen LogP contribution in [0.4, 0.5) is 0 Å². The molecule has 1 aromatic heterocycles. The summed E-state index contributed by atoms with van der Waals surface area (Å²) in [6.45, 7) is 4.97. The van der Waals surface area contributed by atoms with Crippen LogP contribution in [0.15, 0.2) is 48.5 Å². The second-order valence-corrected chi connectivity index (χ2v) is 8.44. The Morgan fingerprint density at radius 1 is 1.06 bits per heavy atom. The number of carbonyl (C=O) groups is 1. The van der Waals surface area contributed by atoms with Gasteiger partial charge in [-0.2, -0.15) is 5.10 Å². The van der Waals surface area contributed by atoms with Gasteiger partial charge < -0.3 is 14.4 Å². The number of aromatic nitrogens is 2. The van der Waals surface area contributed by atoms with Crippen molar-refractivity contribution >= 4 is 29.1 Å². The van der Waals surface area contributed by atoms with Gasteiger partial charge in [0.1, 0.15) is 11.4 Å². The number of morpholine rings is 1. The molecular weight excluding hydrogens is 437 g/mol. The SMILES string of the molecule is COc1cccc(-c2cc(C(=O)N3CC(C)OC(C)C3)n(-c3ccc(Cl)c(Cl)c3)n2)c1. The van der Waals surface area contributed by atoms with Crippen molar-refractivity contribution in [2.24, 2.45) is 0 Å². The molecule has 0 spiro atoms. The Balaban J connectivity index is 1.80. The molecule has 2 heterocycles. The van der Waals surface area contributed by atoms with E-state index in [2.05, 4.69) is 0 Å². The van der Waals surface area contributed by atoms with Crippen LogP contribution in [0.3, 0.4) is 0 Å². The number of ether oxygens (including phenoxy) is 2. The van der Waals surface area contributed by atoms with Crippen LogP contribution in [0.1, 0.15) is 24.3 Å². The van der Waals surface area contributed by atoms with E-state index in [0.717, 1.165) is 5.56 Å². The minimum atomic E-state index is -0.116. The maximum Gasteiger partial charge on any atom is 0.272 e. The standard InChI is InChI=1S/C23H23Cl2N3O3/c1-14-12-27(13-15(2)31-14)23(29)22-11-21(16-5-4-6-18(9-16)30-3)26-28(22)17-7-8-19(24)20(25)10-17/h4-11,14-15H,12-13H2,1-3H3. The van der Waals surface area contributed by atoms with Gasteiger partial charge in [0.25, 0.3) is 5.91 Å². The topological polar surface area (TPSA) is 56.6 Å². The molecule has 1 amide bonds. The molecule has 6 nitrogen and oxygen atoms in total. The highest BCUT2D eigenvalue weighted by Crippen LogP contribution is 2.29. The molecule has 0 saturated carbocycles. The second-order valence-electron chi connectivity index (χ2n) is 7.62. The average molecular weight is 460 g/mol. The van der Waals surface area contributed by atoms with Gasteiger partial charge >= 0.3 is 0 Å². The van der Waals surface area contributed by atoms with Crippen molar-refractivity contribution in [3.8, 4) is 22.7 Å². The minimum absolute atomic E-state index is 0.0353. The highest BCUT2D eigenvalue weighted by atomic mass is 35.5. The Morgan fingerprint density at radius 3 is 2.48 bits per heavy atom. The lowest BCUT2D eigenvalue weighted by molar-refractivity contribution is -0.0588. The van der Waals surface area contributed by atoms with Gasteiger partial charge in [-0.3, -0.25) is 4.79 Å². The summed E-state index contributed by atoms with van der Waals surface area (Å²) in [5.74, 6) is 0.597. The molecule has 1 fully saturated rings. The molecule has 2 atom stereocenters. The Bertz CT molecular complexity index is 1110. The van der Waals surface area contributed by atoms with E-state index in [1.165, 1.54) is 0 Å². The van der Waals surface area contributed by atoms with E-state index < -0.39 is 0 Å². The zero-order valence-electron chi connectivity index (χ0n) is 17.5. The third kappa shape index (κ3) is 4.56.